The number of carboxylic acids is 1. The number of rotatable bonds is 4. The van der Waals surface area contributed by atoms with Gasteiger partial charge in [-0.05, 0) is 30.7 Å². The largest absolute Gasteiger partial charge is 0.478 e. The second kappa shape index (κ2) is 5.65. The molecule has 1 unspecified atom stereocenters. The fourth-order valence-electron chi connectivity index (χ4n) is 1.95. The van der Waals surface area contributed by atoms with Gasteiger partial charge in [0.25, 0.3) is 0 Å². The quantitative estimate of drug-likeness (QED) is 0.942. The van der Waals surface area contributed by atoms with E-state index in [0.29, 0.717) is 5.56 Å². The number of halogens is 1. The van der Waals surface area contributed by atoms with Gasteiger partial charge in [-0.25, -0.2) is 17.6 Å². The molecular weight excluding hydrogens is 295 g/mol. The minimum absolute atomic E-state index is 0.268. The predicted molar refractivity (Wildman–Crippen MR) is 75.4 cm³/mol. The van der Waals surface area contributed by atoms with Crippen LogP contribution in [0.4, 0.5) is 4.39 Å². The van der Waals surface area contributed by atoms with Gasteiger partial charge in [-0.3, -0.25) is 0 Å². The summed E-state index contributed by atoms with van der Waals surface area (Å²) in [7, 11) is -4.02. The smallest absolute Gasteiger partial charge is 0.335 e. The Hall–Kier alpha value is -2.21. The molecule has 0 amide bonds. The molecule has 0 aliphatic rings. The van der Waals surface area contributed by atoms with E-state index in [1.165, 1.54) is 6.92 Å². The Kier molecular flexibility index (Phi) is 4.09. The molecule has 6 heteroatoms. The Morgan fingerprint density at radius 1 is 1.14 bits per heavy atom. The van der Waals surface area contributed by atoms with Gasteiger partial charge in [0, 0.05) is 0 Å². The van der Waals surface area contributed by atoms with Crippen LogP contribution in [-0.4, -0.2) is 19.5 Å². The summed E-state index contributed by atoms with van der Waals surface area (Å²) in [5.74, 6) is -2.26. The van der Waals surface area contributed by atoms with Crippen LogP contribution in [0.3, 0.4) is 0 Å². The number of carbonyl (C=O) groups is 1. The predicted octanol–water partition coefficient (Wildman–Crippen LogP) is 3.06. The van der Waals surface area contributed by atoms with Gasteiger partial charge in [-0.15, -0.1) is 0 Å². The Bertz CT molecular complexity index is 770. The molecule has 0 saturated carbocycles. The monoisotopic (exact) mass is 308 g/mol. The zero-order valence-electron chi connectivity index (χ0n) is 11.2. The van der Waals surface area contributed by atoms with E-state index < -0.39 is 31.8 Å². The van der Waals surface area contributed by atoms with Crippen LogP contribution >= 0.6 is 0 Å². The van der Waals surface area contributed by atoms with E-state index in [1.807, 2.05) is 0 Å². The van der Waals surface area contributed by atoms with Crippen molar-refractivity contribution in [2.24, 2.45) is 0 Å². The molecule has 1 atom stereocenters. The molecule has 4 nitrogen and oxygen atoms in total. The lowest BCUT2D eigenvalue weighted by molar-refractivity contribution is 0.0696. The van der Waals surface area contributed by atoms with Gasteiger partial charge in [-0.1, -0.05) is 30.3 Å². The Morgan fingerprint density at radius 2 is 1.76 bits per heavy atom. The van der Waals surface area contributed by atoms with Gasteiger partial charge in [0.15, 0.2) is 9.84 Å². The van der Waals surface area contributed by atoms with Crippen molar-refractivity contribution in [3.8, 4) is 0 Å². The maximum atomic E-state index is 13.8. The molecule has 0 radical (unpaired) electrons. The highest BCUT2D eigenvalue weighted by molar-refractivity contribution is 7.91. The molecule has 0 aliphatic heterocycles. The fourth-order valence-corrected chi connectivity index (χ4v) is 3.48. The maximum Gasteiger partial charge on any atom is 0.335 e. The van der Waals surface area contributed by atoms with Gasteiger partial charge >= 0.3 is 5.97 Å². The molecule has 1 N–H and O–H groups in total. The summed E-state index contributed by atoms with van der Waals surface area (Å²) in [5.41, 5.74) is 0.243. The third kappa shape index (κ3) is 2.95. The van der Waals surface area contributed by atoms with E-state index in [-0.39, 0.29) is 5.56 Å². The lowest BCUT2D eigenvalue weighted by Gasteiger charge is -2.14. The van der Waals surface area contributed by atoms with E-state index in [9.17, 15) is 17.6 Å². The summed E-state index contributed by atoms with van der Waals surface area (Å²) in [6.07, 6.45) is 0. The van der Waals surface area contributed by atoms with Crippen molar-refractivity contribution in [3.63, 3.8) is 0 Å². The second-order valence-electron chi connectivity index (χ2n) is 4.55. The van der Waals surface area contributed by atoms with Crippen molar-refractivity contribution < 1.29 is 22.7 Å². The van der Waals surface area contributed by atoms with Crippen LogP contribution < -0.4 is 0 Å². The highest BCUT2D eigenvalue weighted by Crippen LogP contribution is 2.30. The highest BCUT2D eigenvalue weighted by Gasteiger charge is 2.28. The first-order valence-corrected chi connectivity index (χ1v) is 7.70. The van der Waals surface area contributed by atoms with Crippen molar-refractivity contribution in [3.05, 3.63) is 65.5 Å². The summed E-state index contributed by atoms with van der Waals surface area (Å²) < 4.78 is 38.8. The van der Waals surface area contributed by atoms with E-state index in [0.717, 1.165) is 18.2 Å². The molecule has 2 aromatic carbocycles. The third-order valence-corrected chi connectivity index (χ3v) is 5.35. The van der Waals surface area contributed by atoms with E-state index in [4.69, 9.17) is 5.11 Å². The zero-order valence-corrected chi connectivity index (χ0v) is 12.0. The second-order valence-corrected chi connectivity index (χ2v) is 6.79. The normalized spacial score (nSPS) is 12.9. The molecule has 0 heterocycles. The molecule has 21 heavy (non-hydrogen) atoms. The van der Waals surface area contributed by atoms with Crippen molar-refractivity contribution >= 4 is 15.8 Å². The maximum absolute atomic E-state index is 13.8. The first kappa shape index (κ1) is 15.2. The molecule has 0 fully saturated rings. The van der Waals surface area contributed by atoms with Crippen molar-refractivity contribution in [1.29, 1.82) is 0 Å². The Morgan fingerprint density at radius 3 is 2.33 bits per heavy atom. The molecule has 2 rings (SSSR count). The fraction of sp³-hybridized carbons (Fsp3) is 0.133. The minimum atomic E-state index is -4.02. The number of aromatic carboxylic acids is 1. The summed E-state index contributed by atoms with van der Waals surface area (Å²) in [6, 6.07) is 11.1. The molecule has 0 aliphatic carbocycles. The first-order valence-electron chi connectivity index (χ1n) is 6.15. The van der Waals surface area contributed by atoms with Crippen LogP contribution in [0.5, 0.6) is 0 Å². The zero-order chi connectivity index (χ0) is 15.6. The summed E-state index contributed by atoms with van der Waals surface area (Å²) in [6.45, 7) is 1.44. The Balaban J connectivity index is 2.54. The summed E-state index contributed by atoms with van der Waals surface area (Å²) in [4.78, 5) is 10.3. The molecule has 0 aromatic heterocycles. The van der Waals surface area contributed by atoms with E-state index in [2.05, 4.69) is 0 Å². The average Bonchev–Trinajstić information content (AvgIpc) is 2.47. The highest BCUT2D eigenvalue weighted by atomic mass is 32.2. The average molecular weight is 308 g/mol. The lowest BCUT2D eigenvalue weighted by atomic mass is 10.2. The number of hydrogen-bond acceptors (Lipinski definition) is 3. The van der Waals surface area contributed by atoms with Crippen molar-refractivity contribution in [2.75, 3.05) is 0 Å². The number of hydrogen-bond donors (Lipinski definition) is 1. The van der Waals surface area contributed by atoms with Gasteiger partial charge in [0.05, 0.1) is 10.8 Å². The Labute approximate surface area is 121 Å². The lowest BCUT2D eigenvalue weighted by Crippen LogP contribution is -2.13. The summed E-state index contributed by atoms with van der Waals surface area (Å²) in [5, 5.41) is 7.93. The molecule has 0 saturated heterocycles. The van der Waals surface area contributed by atoms with Gasteiger partial charge < -0.3 is 5.11 Å². The van der Waals surface area contributed by atoms with Crippen molar-refractivity contribution in [2.45, 2.75) is 17.1 Å². The SMILES string of the molecule is CC(c1ccccc1)S(=O)(=O)c1cc(C(=O)O)ccc1F. The van der Waals surface area contributed by atoms with Crippen LogP contribution in [0.2, 0.25) is 0 Å². The van der Waals surface area contributed by atoms with Crippen LogP contribution in [0, 0.1) is 5.82 Å². The van der Waals surface area contributed by atoms with E-state index >= 15 is 0 Å². The summed E-state index contributed by atoms with van der Waals surface area (Å²) >= 11 is 0. The molecule has 0 bridgehead atoms. The number of carboxylic acid groups (broad SMARTS) is 1. The van der Waals surface area contributed by atoms with Gasteiger partial charge in [0.1, 0.15) is 10.7 Å². The van der Waals surface area contributed by atoms with Gasteiger partial charge in [0.2, 0.25) is 0 Å². The minimum Gasteiger partial charge on any atom is -0.478 e. The molecule has 0 spiro atoms. The van der Waals surface area contributed by atoms with Crippen LogP contribution in [0.1, 0.15) is 28.1 Å². The van der Waals surface area contributed by atoms with Gasteiger partial charge in [-0.2, -0.15) is 0 Å². The van der Waals surface area contributed by atoms with E-state index in [1.54, 1.807) is 30.3 Å². The number of sulfone groups is 1. The van der Waals surface area contributed by atoms with Crippen LogP contribution in [0.25, 0.3) is 0 Å². The third-order valence-electron chi connectivity index (χ3n) is 3.22. The van der Waals surface area contributed by atoms with Crippen LogP contribution in [0.15, 0.2) is 53.4 Å². The molecular formula is C15H13FO4S. The molecule has 2 aromatic rings. The van der Waals surface area contributed by atoms with Crippen molar-refractivity contribution in [1.82, 2.24) is 0 Å². The topological polar surface area (TPSA) is 71.4 Å². The first-order chi connectivity index (χ1) is 9.84. The molecule has 110 valence electrons. The van der Waals surface area contributed by atoms with Crippen LogP contribution in [-0.2, 0) is 9.84 Å². The standard InChI is InChI=1S/C15H13FO4S/c1-10(11-5-3-2-4-6-11)21(19,20)14-9-12(15(17)18)7-8-13(14)16/h2-10H,1H3,(H,17,18). The number of benzene rings is 2.